The Bertz CT molecular complexity index is 377. The maximum atomic E-state index is 11.6. The molecule has 17 heavy (non-hydrogen) atoms. The van der Waals surface area contributed by atoms with E-state index in [1.807, 2.05) is 6.26 Å². The van der Waals surface area contributed by atoms with Gasteiger partial charge >= 0.3 is 0 Å². The summed E-state index contributed by atoms with van der Waals surface area (Å²) in [6, 6.07) is -0.734. The highest BCUT2D eigenvalue weighted by molar-refractivity contribution is 8.00. The minimum atomic E-state index is -3.05. The van der Waals surface area contributed by atoms with E-state index >= 15 is 0 Å². The van der Waals surface area contributed by atoms with Crippen molar-refractivity contribution in [2.45, 2.75) is 30.1 Å². The SMILES string of the molecule is CSC1(CNC(=O)C(N)CCS(C)(=O)=O)CC1. The first-order chi connectivity index (χ1) is 7.78. The zero-order valence-corrected chi connectivity index (χ0v) is 11.9. The summed E-state index contributed by atoms with van der Waals surface area (Å²) in [4.78, 5) is 11.6. The number of sulfone groups is 1. The van der Waals surface area contributed by atoms with E-state index in [1.165, 1.54) is 0 Å². The molecule has 1 amide bonds. The van der Waals surface area contributed by atoms with Crippen molar-refractivity contribution in [2.75, 3.05) is 24.8 Å². The number of hydrogen-bond acceptors (Lipinski definition) is 5. The lowest BCUT2D eigenvalue weighted by Gasteiger charge is -2.16. The zero-order chi connectivity index (χ0) is 13.1. The monoisotopic (exact) mass is 280 g/mol. The standard InChI is InChI=1S/C10H20N2O3S2/c1-16-10(4-5-10)7-12-9(13)8(11)3-6-17(2,14)15/h8H,3-7,11H2,1-2H3,(H,12,13). The third-order valence-electron chi connectivity index (χ3n) is 2.96. The van der Waals surface area contributed by atoms with Crippen LogP contribution < -0.4 is 11.1 Å². The molecule has 1 saturated carbocycles. The van der Waals surface area contributed by atoms with Crippen molar-refractivity contribution in [3.63, 3.8) is 0 Å². The Morgan fingerprint density at radius 3 is 2.53 bits per heavy atom. The Morgan fingerprint density at radius 2 is 2.12 bits per heavy atom. The third-order valence-corrected chi connectivity index (χ3v) is 5.36. The number of rotatable bonds is 7. The average Bonchev–Trinajstić information content (AvgIpc) is 3.02. The van der Waals surface area contributed by atoms with E-state index in [4.69, 9.17) is 5.73 Å². The van der Waals surface area contributed by atoms with Gasteiger partial charge in [-0.2, -0.15) is 11.8 Å². The molecule has 0 aromatic carbocycles. The molecule has 0 spiro atoms. The van der Waals surface area contributed by atoms with Gasteiger partial charge in [0, 0.05) is 17.5 Å². The molecule has 7 heteroatoms. The smallest absolute Gasteiger partial charge is 0.236 e. The van der Waals surface area contributed by atoms with E-state index in [-0.39, 0.29) is 22.8 Å². The van der Waals surface area contributed by atoms with Crippen LogP contribution in [-0.2, 0) is 14.6 Å². The lowest BCUT2D eigenvalue weighted by atomic mass is 10.2. The fraction of sp³-hybridized carbons (Fsp3) is 0.900. The lowest BCUT2D eigenvalue weighted by molar-refractivity contribution is -0.122. The molecule has 0 aliphatic heterocycles. The molecule has 0 radical (unpaired) electrons. The highest BCUT2D eigenvalue weighted by Gasteiger charge is 2.42. The molecule has 1 unspecified atom stereocenters. The molecule has 3 N–H and O–H groups in total. The topological polar surface area (TPSA) is 89.3 Å². The highest BCUT2D eigenvalue weighted by atomic mass is 32.2. The summed E-state index contributed by atoms with van der Waals surface area (Å²) >= 11 is 1.76. The fourth-order valence-electron chi connectivity index (χ4n) is 1.44. The quantitative estimate of drug-likeness (QED) is 0.672. The fourth-order valence-corrected chi connectivity index (χ4v) is 2.85. The Morgan fingerprint density at radius 1 is 1.53 bits per heavy atom. The lowest BCUT2D eigenvalue weighted by Crippen LogP contribution is -2.44. The maximum Gasteiger partial charge on any atom is 0.236 e. The molecule has 0 bridgehead atoms. The Labute approximate surface area is 107 Å². The van der Waals surface area contributed by atoms with Crippen LogP contribution in [0.3, 0.4) is 0 Å². The summed E-state index contributed by atoms with van der Waals surface area (Å²) in [6.07, 6.45) is 5.59. The van der Waals surface area contributed by atoms with Crippen molar-refractivity contribution in [1.82, 2.24) is 5.32 Å². The van der Waals surface area contributed by atoms with E-state index in [9.17, 15) is 13.2 Å². The van der Waals surface area contributed by atoms with Gasteiger partial charge in [0.25, 0.3) is 0 Å². The van der Waals surface area contributed by atoms with Crippen LogP contribution in [0.4, 0.5) is 0 Å². The molecule has 0 heterocycles. The van der Waals surface area contributed by atoms with Gasteiger partial charge in [0.05, 0.1) is 11.8 Å². The van der Waals surface area contributed by atoms with E-state index in [2.05, 4.69) is 5.32 Å². The van der Waals surface area contributed by atoms with Crippen molar-refractivity contribution in [3.8, 4) is 0 Å². The molecular formula is C10H20N2O3S2. The summed E-state index contributed by atoms with van der Waals surface area (Å²) < 4.78 is 22.1. The van der Waals surface area contributed by atoms with Gasteiger partial charge < -0.3 is 11.1 Å². The highest BCUT2D eigenvalue weighted by Crippen LogP contribution is 2.46. The number of hydrogen-bond donors (Lipinski definition) is 2. The van der Waals surface area contributed by atoms with Gasteiger partial charge in [-0.3, -0.25) is 4.79 Å². The number of nitrogens with two attached hydrogens (primary N) is 1. The minimum absolute atomic E-state index is 0.0464. The summed E-state index contributed by atoms with van der Waals surface area (Å²) in [5, 5.41) is 2.79. The molecule has 5 nitrogen and oxygen atoms in total. The van der Waals surface area contributed by atoms with E-state index in [0.29, 0.717) is 6.54 Å². The molecule has 1 atom stereocenters. The predicted octanol–water partition coefficient (Wildman–Crippen LogP) is -0.240. The largest absolute Gasteiger partial charge is 0.353 e. The van der Waals surface area contributed by atoms with Crippen molar-refractivity contribution >= 4 is 27.5 Å². The van der Waals surface area contributed by atoms with E-state index in [1.54, 1.807) is 11.8 Å². The predicted molar refractivity (Wildman–Crippen MR) is 70.8 cm³/mol. The van der Waals surface area contributed by atoms with Gasteiger partial charge in [-0.1, -0.05) is 0 Å². The van der Waals surface area contributed by atoms with Crippen molar-refractivity contribution in [1.29, 1.82) is 0 Å². The number of carbonyl (C=O) groups excluding carboxylic acids is 1. The molecule has 1 rings (SSSR count). The third kappa shape index (κ3) is 5.27. The number of carbonyl (C=O) groups is 1. The summed E-state index contributed by atoms with van der Waals surface area (Å²) in [5.41, 5.74) is 5.63. The van der Waals surface area contributed by atoms with E-state index in [0.717, 1.165) is 19.1 Å². The summed E-state index contributed by atoms with van der Waals surface area (Å²) in [6.45, 7) is 0.625. The van der Waals surface area contributed by atoms with E-state index < -0.39 is 15.9 Å². The molecular weight excluding hydrogens is 260 g/mol. The average molecular weight is 280 g/mol. The molecule has 0 saturated heterocycles. The van der Waals surface area contributed by atoms with Gasteiger partial charge in [0.1, 0.15) is 9.84 Å². The first-order valence-electron chi connectivity index (χ1n) is 5.54. The van der Waals surface area contributed by atoms with Crippen LogP contribution in [0.15, 0.2) is 0 Å². The second-order valence-electron chi connectivity index (χ2n) is 4.63. The number of thioether (sulfide) groups is 1. The van der Waals surface area contributed by atoms with Crippen LogP contribution in [-0.4, -0.2) is 49.9 Å². The molecule has 1 aliphatic rings. The maximum absolute atomic E-state index is 11.6. The zero-order valence-electron chi connectivity index (χ0n) is 10.2. The van der Waals surface area contributed by atoms with Crippen LogP contribution in [0.2, 0.25) is 0 Å². The molecule has 1 fully saturated rings. The van der Waals surface area contributed by atoms with Gasteiger partial charge in [0.2, 0.25) is 5.91 Å². The normalized spacial score (nSPS) is 19.7. The Hall–Kier alpha value is -0.270. The van der Waals surface area contributed by atoms with Crippen molar-refractivity contribution < 1.29 is 13.2 Å². The first kappa shape index (κ1) is 14.8. The minimum Gasteiger partial charge on any atom is -0.353 e. The first-order valence-corrected chi connectivity index (χ1v) is 8.83. The molecule has 0 aromatic heterocycles. The Kier molecular flexibility index (Phi) is 4.86. The molecule has 0 aromatic rings. The van der Waals surface area contributed by atoms with Crippen LogP contribution in [0.25, 0.3) is 0 Å². The molecule has 1 aliphatic carbocycles. The van der Waals surface area contributed by atoms with Crippen LogP contribution in [0.5, 0.6) is 0 Å². The van der Waals surface area contributed by atoms with Crippen molar-refractivity contribution in [3.05, 3.63) is 0 Å². The van der Waals surface area contributed by atoms with Crippen LogP contribution in [0, 0.1) is 0 Å². The number of nitrogens with one attached hydrogen (secondary N) is 1. The summed E-state index contributed by atoms with van der Waals surface area (Å²) in [7, 11) is -3.05. The van der Waals surface area contributed by atoms with Gasteiger partial charge in [-0.05, 0) is 25.5 Å². The van der Waals surface area contributed by atoms with Gasteiger partial charge in [-0.15, -0.1) is 0 Å². The van der Waals surface area contributed by atoms with Crippen LogP contribution >= 0.6 is 11.8 Å². The van der Waals surface area contributed by atoms with Gasteiger partial charge in [-0.25, -0.2) is 8.42 Å². The second kappa shape index (κ2) is 5.58. The van der Waals surface area contributed by atoms with Gasteiger partial charge in [0.15, 0.2) is 0 Å². The second-order valence-corrected chi connectivity index (χ2v) is 8.16. The Balaban J connectivity index is 2.27. The number of amides is 1. The summed E-state index contributed by atoms with van der Waals surface area (Å²) in [5.74, 6) is -0.302. The molecule has 100 valence electrons. The van der Waals surface area contributed by atoms with Crippen LogP contribution in [0.1, 0.15) is 19.3 Å². The van der Waals surface area contributed by atoms with Crippen molar-refractivity contribution in [2.24, 2.45) is 5.73 Å².